The van der Waals surface area contributed by atoms with Crippen LogP contribution in [0.2, 0.25) is 5.02 Å². The fraction of sp³-hybridized carbons (Fsp3) is 0.300. The summed E-state index contributed by atoms with van der Waals surface area (Å²) in [5.41, 5.74) is 1.62. The van der Waals surface area contributed by atoms with Gasteiger partial charge in [0.15, 0.2) is 0 Å². The van der Waals surface area contributed by atoms with E-state index < -0.39 is 12.3 Å². The molecule has 0 N–H and O–H groups in total. The summed E-state index contributed by atoms with van der Waals surface area (Å²) in [5, 5.41) is 7.43. The van der Waals surface area contributed by atoms with Gasteiger partial charge in [0.1, 0.15) is 0 Å². The average Bonchev–Trinajstić information content (AvgIpc) is 3.29. The summed E-state index contributed by atoms with van der Waals surface area (Å²) in [6.45, 7) is 2.13. The number of morpholine rings is 1. The number of halogens is 3. The zero-order chi connectivity index (χ0) is 21.8. The lowest BCUT2D eigenvalue weighted by molar-refractivity contribution is 0.0548. The van der Waals surface area contributed by atoms with E-state index in [4.69, 9.17) is 20.8 Å². The zero-order valence-corrected chi connectivity index (χ0v) is 17.0. The molecule has 0 aliphatic carbocycles. The molecule has 31 heavy (non-hydrogen) atoms. The molecule has 162 valence electrons. The highest BCUT2D eigenvalue weighted by atomic mass is 35.5. The van der Waals surface area contributed by atoms with Crippen LogP contribution in [0.3, 0.4) is 0 Å². The molecule has 0 spiro atoms. The van der Waals surface area contributed by atoms with Crippen LogP contribution in [0.15, 0.2) is 47.0 Å². The molecule has 0 atom stereocenters. The normalized spacial score (nSPS) is 14.1. The maximum atomic E-state index is 13.2. The highest BCUT2D eigenvalue weighted by molar-refractivity contribution is 6.30. The van der Waals surface area contributed by atoms with Gasteiger partial charge in [0.05, 0.1) is 31.0 Å². The molecular weight excluding hydrogens is 432 g/mol. The summed E-state index contributed by atoms with van der Waals surface area (Å²) in [5.74, 6) is -0.798. The predicted octanol–water partition coefficient (Wildman–Crippen LogP) is 4.18. The van der Waals surface area contributed by atoms with Gasteiger partial charge in [-0.15, -0.1) is 10.2 Å². The van der Waals surface area contributed by atoms with Crippen LogP contribution in [0.1, 0.15) is 18.0 Å². The second-order valence-electron chi connectivity index (χ2n) is 6.73. The molecule has 11 heteroatoms. The lowest BCUT2D eigenvalue weighted by Gasteiger charge is -2.33. The largest absolute Gasteiger partial charge is 0.415 e. The molecule has 4 rings (SSSR count). The zero-order valence-electron chi connectivity index (χ0n) is 16.2. The van der Waals surface area contributed by atoms with Crippen molar-refractivity contribution in [3.63, 3.8) is 0 Å². The van der Waals surface area contributed by atoms with E-state index in [1.54, 1.807) is 46.2 Å². The Hall–Kier alpha value is -3.11. The molecule has 2 amide bonds. The number of urea groups is 1. The Balaban J connectivity index is 1.56. The van der Waals surface area contributed by atoms with Gasteiger partial charge in [-0.05, 0) is 30.3 Å². The second-order valence-corrected chi connectivity index (χ2v) is 7.17. The van der Waals surface area contributed by atoms with E-state index in [0.29, 0.717) is 48.3 Å². The molecule has 1 aromatic carbocycles. The van der Waals surface area contributed by atoms with Crippen molar-refractivity contribution in [1.29, 1.82) is 0 Å². The first-order chi connectivity index (χ1) is 15.0. The summed E-state index contributed by atoms with van der Waals surface area (Å²) in [6.07, 6.45) is -1.40. The van der Waals surface area contributed by atoms with Gasteiger partial charge in [-0.25, -0.2) is 4.79 Å². The van der Waals surface area contributed by atoms with Gasteiger partial charge >= 0.3 is 12.5 Å². The number of rotatable bonds is 5. The molecule has 1 aliphatic heterocycles. The van der Waals surface area contributed by atoms with E-state index >= 15 is 0 Å². The SMILES string of the molecule is O=C(N1CCOCC1)N(Cc1ccc(-c2nnc(C(F)F)o2)cn1)c1cccc(Cl)c1. The number of amides is 2. The number of hydrogen-bond donors (Lipinski definition) is 0. The number of nitrogens with zero attached hydrogens (tertiary/aromatic N) is 5. The minimum Gasteiger partial charge on any atom is -0.415 e. The van der Waals surface area contributed by atoms with E-state index in [1.807, 2.05) is 0 Å². The molecule has 1 fully saturated rings. The summed E-state index contributed by atoms with van der Waals surface area (Å²) in [7, 11) is 0. The Bertz CT molecular complexity index is 1040. The number of anilines is 1. The predicted molar refractivity (Wildman–Crippen MR) is 108 cm³/mol. The van der Waals surface area contributed by atoms with Crippen molar-refractivity contribution >= 4 is 23.3 Å². The number of pyridine rings is 1. The number of carbonyl (C=O) groups excluding carboxylic acids is 1. The molecule has 0 bridgehead atoms. The number of benzene rings is 1. The maximum Gasteiger partial charge on any atom is 0.325 e. The Kier molecular flexibility index (Phi) is 6.38. The minimum absolute atomic E-state index is 0.0505. The van der Waals surface area contributed by atoms with Crippen LogP contribution in [0.5, 0.6) is 0 Å². The van der Waals surface area contributed by atoms with E-state index in [2.05, 4.69) is 15.2 Å². The van der Waals surface area contributed by atoms with Gasteiger partial charge in [-0.2, -0.15) is 8.78 Å². The molecule has 8 nitrogen and oxygen atoms in total. The van der Waals surface area contributed by atoms with Gasteiger partial charge in [-0.3, -0.25) is 9.88 Å². The van der Waals surface area contributed by atoms with Gasteiger partial charge in [0.25, 0.3) is 5.89 Å². The lowest BCUT2D eigenvalue weighted by Crippen LogP contribution is -2.48. The summed E-state index contributed by atoms with van der Waals surface area (Å²) in [4.78, 5) is 20.8. The topological polar surface area (TPSA) is 84.6 Å². The number of hydrogen-bond acceptors (Lipinski definition) is 6. The average molecular weight is 450 g/mol. The highest BCUT2D eigenvalue weighted by Gasteiger charge is 2.25. The van der Waals surface area contributed by atoms with Crippen LogP contribution < -0.4 is 4.90 Å². The number of alkyl halides is 2. The maximum absolute atomic E-state index is 13.2. The second kappa shape index (κ2) is 9.36. The van der Waals surface area contributed by atoms with Crippen LogP contribution in [-0.4, -0.2) is 52.4 Å². The van der Waals surface area contributed by atoms with E-state index in [1.165, 1.54) is 6.20 Å². The van der Waals surface area contributed by atoms with Crippen molar-refractivity contribution in [3.8, 4) is 11.5 Å². The third-order valence-corrected chi connectivity index (χ3v) is 4.89. The summed E-state index contributed by atoms with van der Waals surface area (Å²) in [6, 6.07) is 10.1. The van der Waals surface area contributed by atoms with Crippen LogP contribution in [0.25, 0.3) is 11.5 Å². The van der Waals surface area contributed by atoms with E-state index in [0.717, 1.165) is 0 Å². The van der Waals surface area contributed by atoms with Crippen LogP contribution in [0.4, 0.5) is 19.3 Å². The highest BCUT2D eigenvalue weighted by Crippen LogP contribution is 2.25. The molecule has 1 aliphatic rings. The first kappa shape index (κ1) is 21.1. The van der Waals surface area contributed by atoms with Crippen molar-refractivity contribution in [2.45, 2.75) is 13.0 Å². The monoisotopic (exact) mass is 449 g/mol. The third-order valence-electron chi connectivity index (χ3n) is 4.65. The Labute approximate surface area is 181 Å². The molecule has 1 saturated heterocycles. The molecule has 0 unspecified atom stereocenters. The van der Waals surface area contributed by atoms with Crippen molar-refractivity contribution in [3.05, 3.63) is 59.2 Å². The molecule has 3 heterocycles. The molecule has 0 radical (unpaired) electrons. The molecule has 0 saturated carbocycles. The van der Waals surface area contributed by atoms with Crippen LogP contribution >= 0.6 is 11.6 Å². The standard InChI is InChI=1S/C20H18ClF2N5O3/c21-14-2-1-3-16(10-14)28(20(29)27-6-8-30-9-7-27)12-15-5-4-13(11-24-15)18-25-26-19(31-18)17(22)23/h1-5,10-11,17H,6-9,12H2. The lowest BCUT2D eigenvalue weighted by atomic mass is 10.2. The fourth-order valence-electron chi connectivity index (χ4n) is 3.08. The van der Waals surface area contributed by atoms with E-state index in [-0.39, 0.29) is 18.5 Å². The van der Waals surface area contributed by atoms with Crippen molar-refractivity contribution in [2.24, 2.45) is 0 Å². The van der Waals surface area contributed by atoms with Gasteiger partial charge < -0.3 is 14.1 Å². The Morgan fingerprint density at radius 2 is 2.00 bits per heavy atom. The number of carbonyl (C=O) groups is 1. The van der Waals surface area contributed by atoms with Crippen molar-refractivity contribution < 1.29 is 22.7 Å². The Morgan fingerprint density at radius 3 is 2.65 bits per heavy atom. The number of ether oxygens (including phenoxy) is 1. The van der Waals surface area contributed by atoms with Crippen LogP contribution in [-0.2, 0) is 11.3 Å². The first-order valence-electron chi connectivity index (χ1n) is 9.48. The Morgan fingerprint density at radius 1 is 1.19 bits per heavy atom. The van der Waals surface area contributed by atoms with Gasteiger partial charge in [0.2, 0.25) is 5.89 Å². The van der Waals surface area contributed by atoms with Gasteiger partial charge in [-0.1, -0.05) is 17.7 Å². The number of aromatic nitrogens is 3. The quantitative estimate of drug-likeness (QED) is 0.581. The van der Waals surface area contributed by atoms with E-state index in [9.17, 15) is 13.6 Å². The molecular formula is C20H18ClF2N5O3. The van der Waals surface area contributed by atoms with Crippen molar-refractivity contribution in [1.82, 2.24) is 20.1 Å². The first-order valence-corrected chi connectivity index (χ1v) is 9.85. The van der Waals surface area contributed by atoms with Gasteiger partial charge in [0, 0.05) is 30.0 Å². The third kappa shape index (κ3) is 4.97. The summed E-state index contributed by atoms with van der Waals surface area (Å²) < 4.78 is 35.6. The van der Waals surface area contributed by atoms with Crippen molar-refractivity contribution in [2.75, 3.05) is 31.2 Å². The molecule has 3 aromatic rings. The molecule has 2 aromatic heterocycles. The summed E-state index contributed by atoms with van der Waals surface area (Å²) >= 11 is 6.13. The fourth-order valence-corrected chi connectivity index (χ4v) is 3.27. The minimum atomic E-state index is -2.84. The van der Waals surface area contributed by atoms with Crippen LogP contribution in [0, 0.1) is 0 Å². The smallest absolute Gasteiger partial charge is 0.325 e.